The number of anilines is 1. The first-order chi connectivity index (χ1) is 9.90. The number of nitrogens with one attached hydrogen (secondary N) is 1. The highest BCUT2D eigenvalue weighted by molar-refractivity contribution is 6.42. The highest BCUT2D eigenvalue weighted by atomic mass is 35.5. The molecule has 1 atom stereocenters. The van der Waals surface area contributed by atoms with Crippen molar-refractivity contribution in [3.63, 3.8) is 0 Å². The lowest BCUT2D eigenvalue weighted by Crippen LogP contribution is -2.26. The van der Waals surface area contributed by atoms with Gasteiger partial charge in [0.05, 0.1) is 10.0 Å². The predicted molar refractivity (Wildman–Crippen MR) is 79.0 cm³/mol. The van der Waals surface area contributed by atoms with E-state index in [4.69, 9.17) is 28.3 Å². The smallest absolute Gasteiger partial charge is 0.354 e. The molecule has 1 unspecified atom stereocenters. The van der Waals surface area contributed by atoms with E-state index >= 15 is 0 Å². The summed E-state index contributed by atoms with van der Waals surface area (Å²) in [6, 6.07) is 5.20. The topological polar surface area (TPSA) is 84.2 Å². The average Bonchev–Trinajstić information content (AvgIpc) is 2.91. The SMILES string of the molecule is CC(C(=O)Nc1ccc(Cl)c(Cl)c1)n1nccc1C(=O)O. The third kappa shape index (κ3) is 3.34. The molecule has 1 aromatic carbocycles. The van der Waals surface area contributed by atoms with Gasteiger partial charge in [0.25, 0.3) is 0 Å². The van der Waals surface area contributed by atoms with Gasteiger partial charge in [-0.3, -0.25) is 4.79 Å². The van der Waals surface area contributed by atoms with Crippen LogP contribution in [0.25, 0.3) is 0 Å². The molecule has 1 heterocycles. The van der Waals surface area contributed by atoms with Crippen LogP contribution in [0.3, 0.4) is 0 Å². The van der Waals surface area contributed by atoms with Crippen molar-refractivity contribution in [2.75, 3.05) is 5.32 Å². The predicted octanol–water partition coefficient (Wildman–Crippen LogP) is 3.09. The second-order valence-electron chi connectivity index (χ2n) is 4.26. The summed E-state index contributed by atoms with van der Waals surface area (Å²) in [4.78, 5) is 23.2. The van der Waals surface area contributed by atoms with Crippen LogP contribution < -0.4 is 5.32 Å². The lowest BCUT2D eigenvalue weighted by atomic mass is 10.2. The van der Waals surface area contributed by atoms with Crippen molar-refractivity contribution in [3.8, 4) is 0 Å². The summed E-state index contributed by atoms with van der Waals surface area (Å²) in [5.74, 6) is -1.57. The quantitative estimate of drug-likeness (QED) is 0.903. The molecule has 1 amide bonds. The molecule has 0 aliphatic heterocycles. The minimum Gasteiger partial charge on any atom is -0.477 e. The molecule has 110 valence electrons. The Morgan fingerprint density at radius 1 is 1.29 bits per heavy atom. The largest absolute Gasteiger partial charge is 0.477 e. The van der Waals surface area contributed by atoms with E-state index in [-0.39, 0.29) is 5.69 Å². The van der Waals surface area contributed by atoms with Crippen molar-refractivity contribution in [1.82, 2.24) is 9.78 Å². The summed E-state index contributed by atoms with van der Waals surface area (Å²) in [6.45, 7) is 1.55. The molecule has 8 heteroatoms. The van der Waals surface area contributed by atoms with Crippen LogP contribution in [-0.2, 0) is 4.79 Å². The summed E-state index contributed by atoms with van der Waals surface area (Å²) in [6.07, 6.45) is 1.33. The van der Waals surface area contributed by atoms with E-state index in [0.29, 0.717) is 15.7 Å². The van der Waals surface area contributed by atoms with Crippen molar-refractivity contribution in [2.24, 2.45) is 0 Å². The van der Waals surface area contributed by atoms with Crippen LogP contribution in [0.4, 0.5) is 5.69 Å². The maximum absolute atomic E-state index is 12.1. The molecule has 0 fully saturated rings. The van der Waals surface area contributed by atoms with E-state index in [0.717, 1.165) is 4.68 Å². The molecule has 6 nitrogen and oxygen atoms in total. The van der Waals surface area contributed by atoms with E-state index in [9.17, 15) is 9.59 Å². The van der Waals surface area contributed by atoms with Gasteiger partial charge in [-0.1, -0.05) is 23.2 Å². The Labute approximate surface area is 130 Å². The van der Waals surface area contributed by atoms with E-state index in [1.807, 2.05) is 0 Å². The van der Waals surface area contributed by atoms with Gasteiger partial charge in [-0.25, -0.2) is 9.48 Å². The third-order valence-corrected chi connectivity index (χ3v) is 3.56. The van der Waals surface area contributed by atoms with Gasteiger partial charge >= 0.3 is 5.97 Å². The van der Waals surface area contributed by atoms with Gasteiger partial charge in [-0.2, -0.15) is 5.10 Å². The number of aromatic nitrogens is 2. The normalized spacial score (nSPS) is 12.0. The molecule has 0 saturated carbocycles. The van der Waals surface area contributed by atoms with Crippen molar-refractivity contribution >= 4 is 40.8 Å². The number of amides is 1. The van der Waals surface area contributed by atoms with Crippen LogP contribution >= 0.6 is 23.2 Å². The second-order valence-corrected chi connectivity index (χ2v) is 5.07. The molecule has 0 radical (unpaired) electrons. The summed E-state index contributed by atoms with van der Waals surface area (Å²) in [7, 11) is 0. The monoisotopic (exact) mass is 327 g/mol. The van der Waals surface area contributed by atoms with Gasteiger partial charge in [0.15, 0.2) is 0 Å². The van der Waals surface area contributed by atoms with Crippen LogP contribution in [0.15, 0.2) is 30.5 Å². The molecule has 2 aromatic rings. The Bertz CT molecular complexity index is 700. The number of halogens is 2. The number of carboxylic acids is 1. The number of hydrogen-bond donors (Lipinski definition) is 2. The lowest BCUT2D eigenvalue weighted by molar-refractivity contribution is -0.119. The van der Waals surface area contributed by atoms with E-state index in [1.165, 1.54) is 18.3 Å². The van der Waals surface area contributed by atoms with Crippen LogP contribution in [-0.4, -0.2) is 26.8 Å². The van der Waals surface area contributed by atoms with Gasteiger partial charge in [-0.15, -0.1) is 0 Å². The molecule has 0 bridgehead atoms. The fourth-order valence-corrected chi connectivity index (χ4v) is 2.02. The summed E-state index contributed by atoms with van der Waals surface area (Å²) >= 11 is 11.7. The van der Waals surface area contributed by atoms with Crippen LogP contribution in [0.1, 0.15) is 23.5 Å². The summed E-state index contributed by atoms with van der Waals surface area (Å²) in [5.41, 5.74) is 0.400. The fraction of sp³-hybridized carbons (Fsp3) is 0.154. The average molecular weight is 328 g/mol. The maximum Gasteiger partial charge on any atom is 0.354 e. The number of aromatic carboxylic acids is 1. The standard InChI is InChI=1S/C13H11Cl2N3O3/c1-7(18-11(13(20)21)4-5-16-18)12(19)17-8-2-3-9(14)10(15)6-8/h2-7H,1H3,(H,17,19)(H,20,21). The zero-order valence-corrected chi connectivity index (χ0v) is 12.4. The Balaban J connectivity index is 2.17. The van der Waals surface area contributed by atoms with Gasteiger partial charge in [-0.05, 0) is 31.2 Å². The van der Waals surface area contributed by atoms with Crippen molar-refractivity contribution in [2.45, 2.75) is 13.0 Å². The second kappa shape index (κ2) is 6.15. The van der Waals surface area contributed by atoms with Gasteiger partial charge in [0, 0.05) is 11.9 Å². The van der Waals surface area contributed by atoms with Gasteiger partial charge in [0.1, 0.15) is 11.7 Å². The van der Waals surface area contributed by atoms with Gasteiger partial charge < -0.3 is 10.4 Å². The number of carbonyl (C=O) groups excluding carboxylic acids is 1. The molecule has 0 spiro atoms. The van der Waals surface area contributed by atoms with Crippen molar-refractivity contribution in [3.05, 3.63) is 46.2 Å². The number of hydrogen-bond acceptors (Lipinski definition) is 3. The van der Waals surface area contributed by atoms with Crippen molar-refractivity contribution < 1.29 is 14.7 Å². The molecule has 0 aliphatic carbocycles. The number of rotatable bonds is 4. The van der Waals surface area contributed by atoms with E-state index in [1.54, 1.807) is 19.1 Å². The van der Waals surface area contributed by atoms with E-state index < -0.39 is 17.9 Å². The first kappa shape index (κ1) is 15.3. The lowest BCUT2D eigenvalue weighted by Gasteiger charge is -2.14. The molecule has 2 N–H and O–H groups in total. The maximum atomic E-state index is 12.1. The minimum absolute atomic E-state index is 0.0632. The molecular formula is C13H11Cl2N3O3. The van der Waals surface area contributed by atoms with Crippen LogP contribution in [0, 0.1) is 0 Å². The van der Waals surface area contributed by atoms with Crippen molar-refractivity contribution in [1.29, 1.82) is 0 Å². The highest BCUT2D eigenvalue weighted by Crippen LogP contribution is 2.25. The van der Waals surface area contributed by atoms with Crippen LogP contribution in [0.2, 0.25) is 10.0 Å². The highest BCUT2D eigenvalue weighted by Gasteiger charge is 2.21. The first-order valence-electron chi connectivity index (χ1n) is 5.93. The molecule has 21 heavy (non-hydrogen) atoms. The molecule has 0 saturated heterocycles. The van der Waals surface area contributed by atoms with E-state index in [2.05, 4.69) is 10.4 Å². The van der Waals surface area contributed by atoms with Crippen LogP contribution in [0.5, 0.6) is 0 Å². The Hall–Kier alpha value is -2.05. The van der Waals surface area contributed by atoms with Gasteiger partial charge in [0.2, 0.25) is 5.91 Å². The Kier molecular flexibility index (Phi) is 4.50. The number of carbonyl (C=O) groups is 2. The third-order valence-electron chi connectivity index (χ3n) is 2.82. The number of benzene rings is 1. The zero-order valence-electron chi connectivity index (χ0n) is 10.9. The Morgan fingerprint density at radius 3 is 2.62 bits per heavy atom. The Morgan fingerprint density at radius 2 is 2.00 bits per heavy atom. The molecule has 1 aromatic heterocycles. The minimum atomic E-state index is -1.15. The molecular weight excluding hydrogens is 317 g/mol. The molecule has 2 rings (SSSR count). The number of carboxylic acid groups (broad SMARTS) is 1. The first-order valence-corrected chi connectivity index (χ1v) is 6.68. The summed E-state index contributed by atoms with van der Waals surface area (Å²) < 4.78 is 1.13. The number of nitrogens with zero attached hydrogens (tertiary/aromatic N) is 2. The summed E-state index contributed by atoms with van der Waals surface area (Å²) in [5, 5.41) is 16.2. The zero-order chi connectivity index (χ0) is 15.6. The fourth-order valence-electron chi connectivity index (χ4n) is 1.72. The molecule has 0 aliphatic rings.